The van der Waals surface area contributed by atoms with E-state index in [1.165, 1.54) is 0 Å². The number of amides is 1. The number of anilines is 1. The predicted octanol–water partition coefficient (Wildman–Crippen LogP) is 1.39. The van der Waals surface area contributed by atoms with E-state index in [0.29, 0.717) is 11.3 Å². The van der Waals surface area contributed by atoms with E-state index in [-0.39, 0.29) is 0 Å². The molecule has 3 nitrogen and oxygen atoms in total. The predicted molar refractivity (Wildman–Crippen MR) is 50.7 cm³/mol. The first-order chi connectivity index (χ1) is 5.70. The standard InChI is InChI=1S/C7H8N2O.C2H6/c8-6-3-1-2-5(4-6)7(9)10;1-2/h1-4H,8H2,(H2,9,10);1-2H3. The van der Waals surface area contributed by atoms with Crippen molar-refractivity contribution in [2.45, 2.75) is 13.8 Å². The fourth-order valence-electron chi connectivity index (χ4n) is 0.692. The summed E-state index contributed by atoms with van der Waals surface area (Å²) in [5.74, 6) is -0.452. The van der Waals surface area contributed by atoms with E-state index in [9.17, 15) is 4.79 Å². The first kappa shape index (κ1) is 10.5. The molecule has 0 unspecified atom stereocenters. The maximum atomic E-state index is 10.5. The molecule has 0 aliphatic rings. The highest BCUT2D eigenvalue weighted by Crippen LogP contribution is 2.04. The lowest BCUT2D eigenvalue weighted by atomic mass is 10.2. The Morgan fingerprint density at radius 2 is 1.92 bits per heavy atom. The molecule has 0 aliphatic heterocycles. The lowest BCUT2D eigenvalue weighted by molar-refractivity contribution is 0.100. The summed E-state index contributed by atoms with van der Waals surface area (Å²) in [4.78, 5) is 10.5. The Balaban J connectivity index is 0.000000561. The van der Waals surface area contributed by atoms with Crippen molar-refractivity contribution in [3.63, 3.8) is 0 Å². The molecule has 0 atom stereocenters. The van der Waals surface area contributed by atoms with Gasteiger partial charge < -0.3 is 11.5 Å². The third-order valence-electron chi connectivity index (χ3n) is 1.17. The van der Waals surface area contributed by atoms with Crippen molar-refractivity contribution in [1.82, 2.24) is 0 Å². The molecule has 0 radical (unpaired) electrons. The molecule has 1 amide bonds. The normalized spacial score (nSPS) is 8.17. The molecule has 0 heterocycles. The molecule has 0 aliphatic carbocycles. The van der Waals surface area contributed by atoms with Crippen LogP contribution in [0.3, 0.4) is 0 Å². The van der Waals surface area contributed by atoms with Crippen molar-refractivity contribution in [3.8, 4) is 0 Å². The molecule has 4 N–H and O–H groups in total. The summed E-state index contributed by atoms with van der Waals surface area (Å²) in [7, 11) is 0. The Morgan fingerprint density at radius 1 is 1.33 bits per heavy atom. The molecule has 0 aromatic heterocycles. The molecule has 0 fully saturated rings. The van der Waals surface area contributed by atoms with Crippen LogP contribution in [0.1, 0.15) is 24.2 Å². The van der Waals surface area contributed by atoms with Crippen LogP contribution in [0.5, 0.6) is 0 Å². The van der Waals surface area contributed by atoms with Crippen LogP contribution in [0.4, 0.5) is 5.69 Å². The van der Waals surface area contributed by atoms with Crippen LogP contribution < -0.4 is 11.5 Å². The van der Waals surface area contributed by atoms with Crippen LogP contribution in [0.15, 0.2) is 24.3 Å². The summed E-state index contributed by atoms with van der Waals surface area (Å²) >= 11 is 0. The average Bonchev–Trinajstić information content (AvgIpc) is 2.08. The minimum atomic E-state index is -0.452. The highest BCUT2D eigenvalue weighted by Gasteiger charge is 1.97. The minimum absolute atomic E-state index is 0.444. The molecule has 1 aromatic carbocycles. The molecule has 0 spiro atoms. The topological polar surface area (TPSA) is 69.1 Å². The highest BCUT2D eigenvalue weighted by atomic mass is 16.1. The Labute approximate surface area is 72.4 Å². The summed E-state index contributed by atoms with van der Waals surface area (Å²) in [6.07, 6.45) is 0. The van der Waals surface area contributed by atoms with Gasteiger partial charge in [0.05, 0.1) is 0 Å². The third kappa shape index (κ3) is 3.05. The molecule has 0 bridgehead atoms. The van der Waals surface area contributed by atoms with Gasteiger partial charge in [0.25, 0.3) is 0 Å². The average molecular weight is 166 g/mol. The molecular formula is C9H14N2O. The summed E-state index contributed by atoms with van der Waals surface area (Å²) in [5.41, 5.74) is 11.4. The Morgan fingerprint density at radius 3 is 2.25 bits per heavy atom. The third-order valence-corrected chi connectivity index (χ3v) is 1.17. The van der Waals surface area contributed by atoms with Crippen molar-refractivity contribution in [3.05, 3.63) is 29.8 Å². The Bertz CT molecular complexity index is 258. The lowest BCUT2D eigenvalue weighted by Gasteiger charge is -1.94. The van der Waals surface area contributed by atoms with Gasteiger partial charge in [-0.3, -0.25) is 4.79 Å². The van der Waals surface area contributed by atoms with Crippen molar-refractivity contribution in [1.29, 1.82) is 0 Å². The zero-order valence-corrected chi connectivity index (χ0v) is 7.37. The van der Waals surface area contributed by atoms with Gasteiger partial charge in [-0.25, -0.2) is 0 Å². The van der Waals surface area contributed by atoms with Gasteiger partial charge in [-0.05, 0) is 18.2 Å². The SMILES string of the molecule is CC.NC(=O)c1cccc(N)c1. The number of nitrogen functional groups attached to an aromatic ring is 1. The fraction of sp³-hybridized carbons (Fsp3) is 0.222. The summed E-state index contributed by atoms with van der Waals surface area (Å²) in [6, 6.07) is 6.56. The smallest absolute Gasteiger partial charge is 0.248 e. The number of nitrogens with two attached hydrogens (primary N) is 2. The molecule has 0 saturated heterocycles. The Kier molecular flexibility index (Phi) is 4.53. The second-order valence-corrected chi connectivity index (χ2v) is 1.99. The lowest BCUT2D eigenvalue weighted by Crippen LogP contribution is -2.10. The molecule has 1 rings (SSSR count). The zero-order valence-electron chi connectivity index (χ0n) is 7.37. The first-order valence-electron chi connectivity index (χ1n) is 3.85. The van der Waals surface area contributed by atoms with Crippen LogP contribution in [-0.2, 0) is 0 Å². The molecule has 12 heavy (non-hydrogen) atoms. The van der Waals surface area contributed by atoms with Gasteiger partial charge in [0.15, 0.2) is 0 Å². The maximum Gasteiger partial charge on any atom is 0.248 e. The molecule has 0 saturated carbocycles. The van der Waals surface area contributed by atoms with Crippen molar-refractivity contribution >= 4 is 11.6 Å². The van der Waals surface area contributed by atoms with Crippen molar-refractivity contribution < 1.29 is 4.79 Å². The van der Waals surface area contributed by atoms with E-state index in [2.05, 4.69) is 0 Å². The van der Waals surface area contributed by atoms with Gasteiger partial charge in [-0.15, -0.1) is 0 Å². The quantitative estimate of drug-likeness (QED) is 0.619. The number of hydrogen-bond donors (Lipinski definition) is 2. The number of benzene rings is 1. The molecule has 66 valence electrons. The fourth-order valence-corrected chi connectivity index (χ4v) is 0.692. The zero-order chi connectivity index (χ0) is 9.56. The number of primary amides is 1. The van der Waals surface area contributed by atoms with E-state index in [1.807, 2.05) is 13.8 Å². The second-order valence-electron chi connectivity index (χ2n) is 1.99. The van der Waals surface area contributed by atoms with E-state index in [4.69, 9.17) is 11.5 Å². The van der Waals surface area contributed by atoms with Crippen LogP contribution >= 0.6 is 0 Å². The summed E-state index contributed by atoms with van der Waals surface area (Å²) in [5, 5.41) is 0. The number of carbonyl (C=O) groups is 1. The van der Waals surface area contributed by atoms with Gasteiger partial charge in [-0.2, -0.15) is 0 Å². The van der Waals surface area contributed by atoms with Gasteiger partial charge in [-0.1, -0.05) is 19.9 Å². The van der Waals surface area contributed by atoms with Crippen molar-refractivity contribution in [2.24, 2.45) is 5.73 Å². The van der Waals surface area contributed by atoms with Crippen molar-refractivity contribution in [2.75, 3.05) is 5.73 Å². The van der Waals surface area contributed by atoms with Gasteiger partial charge in [0.2, 0.25) is 5.91 Å². The monoisotopic (exact) mass is 166 g/mol. The number of carbonyl (C=O) groups excluding carboxylic acids is 1. The van der Waals surface area contributed by atoms with Crippen LogP contribution in [0.25, 0.3) is 0 Å². The molecule has 1 aromatic rings. The van der Waals surface area contributed by atoms with E-state index >= 15 is 0 Å². The Hall–Kier alpha value is -1.51. The minimum Gasteiger partial charge on any atom is -0.399 e. The highest BCUT2D eigenvalue weighted by molar-refractivity contribution is 5.93. The molecule has 3 heteroatoms. The van der Waals surface area contributed by atoms with Crippen LogP contribution in [-0.4, -0.2) is 5.91 Å². The second kappa shape index (κ2) is 5.18. The van der Waals surface area contributed by atoms with Crippen LogP contribution in [0, 0.1) is 0 Å². The number of hydrogen-bond acceptors (Lipinski definition) is 2. The van der Waals surface area contributed by atoms with Gasteiger partial charge >= 0.3 is 0 Å². The molecular weight excluding hydrogens is 152 g/mol. The first-order valence-corrected chi connectivity index (χ1v) is 3.85. The van der Waals surface area contributed by atoms with Crippen LogP contribution in [0.2, 0.25) is 0 Å². The largest absolute Gasteiger partial charge is 0.399 e. The van der Waals surface area contributed by atoms with E-state index in [1.54, 1.807) is 24.3 Å². The van der Waals surface area contributed by atoms with Gasteiger partial charge in [0, 0.05) is 11.3 Å². The van der Waals surface area contributed by atoms with E-state index < -0.39 is 5.91 Å². The van der Waals surface area contributed by atoms with Gasteiger partial charge in [0.1, 0.15) is 0 Å². The summed E-state index contributed by atoms with van der Waals surface area (Å²) < 4.78 is 0. The maximum absolute atomic E-state index is 10.5. The number of rotatable bonds is 1. The van der Waals surface area contributed by atoms with E-state index in [0.717, 1.165) is 0 Å². The summed E-state index contributed by atoms with van der Waals surface area (Å²) in [6.45, 7) is 4.00.